The second-order valence-electron chi connectivity index (χ2n) is 6.06. The van der Waals surface area contributed by atoms with Crippen LogP contribution in [0.3, 0.4) is 0 Å². The number of aromatic nitrogens is 2. The summed E-state index contributed by atoms with van der Waals surface area (Å²) >= 11 is 0. The lowest BCUT2D eigenvalue weighted by Gasteiger charge is -2.30. The van der Waals surface area contributed by atoms with Gasteiger partial charge in [0.15, 0.2) is 0 Å². The van der Waals surface area contributed by atoms with E-state index < -0.39 is 0 Å². The summed E-state index contributed by atoms with van der Waals surface area (Å²) < 4.78 is 7.47. The molecule has 1 atom stereocenters. The molecule has 1 N–H and O–H groups in total. The van der Waals surface area contributed by atoms with E-state index in [0.717, 1.165) is 31.7 Å². The third-order valence-corrected chi connectivity index (χ3v) is 4.30. The second kappa shape index (κ2) is 6.58. The number of hydrogen-bond donors (Lipinski definition) is 1. The van der Waals surface area contributed by atoms with Gasteiger partial charge >= 0.3 is 0 Å². The zero-order chi connectivity index (χ0) is 14.7. The molecule has 116 valence electrons. The molecule has 0 aromatic carbocycles. The Labute approximate surface area is 125 Å². The number of carbonyl (C=O) groups excluding carboxylic acids is 1. The zero-order valence-corrected chi connectivity index (χ0v) is 12.6. The molecule has 6 nitrogen and oxygen atoms in total. The summed E-state index contributed by atoms with van der Waals surface area (Å²) in [6.45, 7) is 4.80. The minimum absolute atomic E-state index is 0.0313. The predicted octanol–water partition coefficient (Wildman–Crippen LogP) is 1.66. The van der Waals surface area contributed by atoms with Gasteiger partial charge in [-0.15, -0.1) is 0 Å². The van der Waals surface area contributed by atoms with Gasteiger partial charge in [0.1, 0.15) is 5.82 Å². The first kappa shape index (κ1) is 14.5. The molecule has 1 aliphatic carbocycles. The van der Waals surface area contributed by atoms with E-state index in [1.165, 1.54) is 12.8 Å². The Balaban J connectivity index is 1.56. The largest absolute Gasteiger partial charge is 0.376 e. The summed E-state index contributed by atoms with van der Waals surface area (Å²) in [5.41, 5.74) is 0. The van der Waals surface area contributed by atoms with Crippen molar-refractivity contribution in [3.63, 3.8) is 0 Å². The molecule has 0 bridgehead atoms. The number of rotatable bonds is 4. The van der Waals surface area contributed by atoms with E-state index in [1.807, 2.05) is 17.7 Å². The van der Waals surface area contributed by atoms with Gasteiger partial charge in [0.25, 0.3) is 0 Å². The van der Waals surface area contributed by atoms with Crippen LogP contribution in [0.25, 0.3) is 0 Å². The van der Waals surface area contributed by atoms with Crippen LogP contribution >= 0.6 is 0 Å². The molecule has 1 aliphatic heterocycles. The molecular weight excluding hydrogens is 268 g/mol. The van der Waals surface area contributed by atoms with E-state index in [0.29, 0.717) is 19.2 Å². The highest BCUT2D eigenvalue weighted by atomic mass is 16.5. The molecule has 21 heavy (non-hydrogen) atoms. The number of ether oxygens (including phenoxy) is 1. The summed E-state index contributed by atoms with van der Waals surface area (Å²) in [6.07, 6.45) is 6.80. The van der Waals surface area contributed by atoms with Gasteiger partial charge in [-0.25, -0.2) is 4.68 Å². The van der Waals surface area contributed by atoms with Gasteiger partial charge in [0.05, 0.1) is 31.5 Å². The summed E-state index contributed by atoms with van der Waals surface area (Å²) in [5.74, 6) is 0.858. The molecule has 1 saturated heterocycles. The fourth-order valence-corrected chi connectivity index (χ4v) is 3.27. The Morgan fingerprint density at radius 1 is 1.48 bits per heavy atom. The molecule has 2 heterocycles. The Morgan fingerprint density at radius 3 is 3.05 bits per heavy atom. The van der Waals surface area contributed by atoms with Gasteiger partial charge in [-0.2, -0.15) is 5.10 Å². The number of morpholine rings is 1. The molecule has 2 aliphatic rings. The van der Waals surface area contributed by atoms with Crippen molar-refractivity contribution in [1.82, 2.24) is 14.7 Å². The number of hydrogen-bond acceptors (Lipinski definition) is 4. The van der Waals surface area contributed by atoms with E-state index in [9.17, 15) is 4.79 Å². The number of nitrogens with one attached hydrogen (secondary N) is 1. The van der Waals surface area contributed by atoms with Gasteiger partial charge in [0, 0.05) is 19.2 Å². The topological polar surface area (TPSA) is 59.4 Å². The normalized spacial score (nSPS) is 24.3. The standard InChI is InChI=1S/C15H24N4O2/c1-12-10-18(8-9-21-12)11-15(20)17-14-6-7-16-19(14)13-4-2-3-5-13/h6-7,12-13H,2-5,8-11H2,1H3,(H,17,20)/t12-/m0/s1. The molecule has 1 saturated carbocycles. The molecule has 0 unspecified atom stereocenters. The van der Waals surface area contributed by atoms with Crippen LogP contribution in [0, 0.1) is 0 Å². The van der Waals surface area contributed by atoms with Crippen molar-refractivity contribution in [3.05, 3.63) is 12.3 Å². The average molecular weight is 292 g/mol. The fourth-order valence-electron chi connectivity index (χ4n) is 3.27. The summed E-state index contributed by atoms with van der Waals surface area (Å²) in [4.78, 5) is 14.4. The average Bonchev–Trinajstić information content (AvgIpc) is 3.08. The lowest BCUT2D eigenvalue weighted by atomic mass is 10.2. The quantitative estimate of drug-likeness (QED) is 0.917. The van der Waals surface area contributed by atoms with Crippen molar-refractivity contribution >= 4 is 11.7 Å². The molecule has 0 spiro atoms. The van der Waals surface area contributed by atoms with Crippen LogP contribution < -0.4 is 5.32 Å². The maximum absolute atomic E-state index is 12.2. The molecule has 1 amide bonds. The maximum atomic E-state index is 12.2. The molecule has 6 heteroatoms. The summed E-state index contributed by atoms with van der Waals surface area (Å²) in [6, 6.07) is 2.33. The monoisotopic (exact) mass is 292 g/mol. The highest BCUT2D eigenvalue weighted by Gasteiger charge is 2.22. The molecule has 2 fully saturated rings. The van der Waals surface area contributed by atoms with E-state index in [-0.39, 0.29) is 12.0 Å². The first-order chi connectivity index (χ1) is 10.2. The van der Waals surface area contributed by atoms with Crippen LogP contribution in [0.15, 0.2) is 12.3 Å². The molecule has 3 rings (SSSR count). The van der Waals surface area contributed by atoms with Gasteiger partial charge in [-0.1, -0.05) is 12.8 Å². The SMILES string of the molecule is C[C@H]1CN(CC(=O)Nc2ccnn2C2CCCC2)CCO1. The number of carbonyl (C=O) groups is 1. The maximum Gasteiger partial charge on any atom is 0.239 e. The summed E-state index contributed by atoms with van der Waals surface area (Å²) in [7, 11) is 0. The highest BCUT2D eigenvalue weighted by Crippen LogP contribution is 2.31. The van der Waals surface area contributed by atoms with Crippen molar-refractivity contribution in [2.75, 3.05) is 31.6 Å². The van der Waals surface area contributed by atoms with Crippen LogP contribution in [0.2, 0.25) is 0 Å². The van der Waals surface area contributed by atoms with E-state index in [1.54, 1.807) is 6.20 Å². The number of amides is 1. The van der Waals surface area contributed by atoms with Crippen LogP contribution in [0.5, 0.6) is 0 Å². The molecule has 0 radical (unpaired) electrons. The predicted molar refractivity (Wildman–Crippen MR) is 80.2 cm³/mol. The Hall–Kier alpha value is -1.40. The number of nitrogens with zero attached hydrogens (tertiary/aromatic N) is 3. The highest BCUT2D eigenvalue weighted by molar-refractivity contribution is 5.91. The van der Waals surface area contributed by atoms with Gasteiger partial charge in [-0.3, -0.25) is 9.69 Å². The second-order valence-corrected chi connectivity index (χ2v) is 6.06. The van der Waals surface area contributed by atoms with Crippen molar-refractivity contribution in [2.24, 2.45) is 0 Å². The van der Waals surface area contributed by atoms with Gasteiger partial charge < -0.3 is 10.1 Å². The van der Waals surface area contributed by atoms with Crippen molar-refractivity contribution < 1.29 is 9.53 Å². The van der Waals surface area contributed by atoms with E-state index in [4.69, 9.17) is 4.74 Å². The van der Waals surface area contributed by atoms with Crippen LogP contribution in [0.1, 0.15) is 38.6 Å². The molecule has 1 aromatic heterocycles. The first-order valence-electron chi connectivity index (χ1n) is 7.89. The Bertz CT molecular complexity index is 482. The minimum Gasteiger partial charge on any atom is -0.376 e. The van der Waals surface area contributed by atoms with E-state index in [2.05, 4.69) is 15.3 Å². The third-order valence-electron chi connectivity index (χ3n) is 4.30. The van der Waals surface area contributed by atoms with Crippen LogP contribution in [-0.4, -0.2) is 52.9 Å². The zero-order valence-electron chi connectivity index (χ0n) is 12.6. The van der Waals surface area contributed by atoms with E-state index >= 15 is 0 Å². The van der Waals surface area contributed by atoms with Crippen molar-refractivity contribution in [3.8, 4) is 0 Å². The summed E-state index contributed by atoms with van der Waals surface area (Å²) in [5, 5.41) is 7.39. The van der Waals surface area contributed by atoms with Crippen LogP contribution in [0.4, 0.5) is 5.82 Å². The molecule has 1 aromatic rings. The minimum atomic E-state index is 0.0313. The first-order valence-corrected chi connectivity index (χ1v) is 7.89. The lowest BCUT2D eigenvalue weighted by Crippen LogP contribution is -2.44. The fraction of sp³-hybridized carbons (Fsp3) is 0.733. The van der Waals surface area contributed by atoms with Gasteiger partial charge in [-0.05, 0) is 19.8 Å². The third kappa shape index (κ3) is 3.63. The Morgan fingerprint density at radius 2 is 2.29 bits per heavy atom. The lowest BCUT2D eigenvalue weighted by molar-refractivity contribution is -0.119. The van der Waals surface area contributed by atoms with Crippen molar-refractivity contribution in [2.45, 2.75) is 44.8 Å². The van der Waals surface area contributed by atoms with Crippen molar-refractivity contribution in [1.29, 1.82) is 0 Å². The van der Waals surface area contributed by atoms with Crippen LogP contribution in [-0.2, 0) is 9.53 Å². The molecular formula is C15H24N4O2. The number of anilines is 1. The smallest absolute Gasteiger partial charge is 0.239 e. The van der Waals surface area contributed by atoms with Gasteiger partial charge in [0.2, 0.25) is 5.91 Å². The Kier molecular flexibility index (Phi) is 4.55.